The zero-order chi connectivity index (χ0) is 32.5. The number of likely N-dealkylation sites (N-methyl/N-ethyl adjacent to an activating group) is 1. The normalized spacial score (nSPS) is 11.8. The van der Waals surface area contributed by atoms with Crippen LogP contribution in [0.15, 0.2) is 58.8 Å². The van der Waals surface area contributed by atoms with E-state index in [9.17, 15) is 43.9 Å². The van der Waals surface area contributed by atoms with Crippen molar-refractivity contribution >= 4 is 34.5 Å². The molecule has 0 atom stereocenters. The molecule has 0 radical (unpaired) electrons. The largest absolute Gasteiger partial charge is 0.488 e. The quantitative estimate of drug-likeness (QED) is 0.0552. The summed E-state index contributed by atoms with van der Waals surface area (Å²) >= 11 is 0. The molecule has 0 spiro atoms. The second kappa shape index (κ2) is 12.7. The van der Waals surface area contributed by atoms with E-state index in [1.165, 1.54) is 0 Å². The SMILES string of the molecule is C[N+](C)(C)CCOc1ccc(N=Nc2ccc(B(c3c(F)c(F)c(F)c(F)c3F)c3c(F)c(F)c(F)c(F)c3F)cc2)cc1. The lowest BCUT2D eigenvalue weighted by Crippen LogP contribution is -2.58. The molecule has 230 valence electrons. The highest BCUT2D eigenvalue weighted by Crippen LogP contribution is 2.23. The number of halogens is 10. The Labute approximate surface area is 244 Å². The van der Waals surface area contributed by atoms with Crippen LogP contribution in [0.2, 0.25) is 0 Å². The maximum absolute atomic E-state index is 14.8. The second-order valence-electron chi connectivity index (χ2n) is 10.5. The van der Waals surface area contributed by atoms with Gasteiger partial charge in [0.25, 0.3) is 6.71 Å². The van der Waals surface area contributed by atoms with E-state index in [0.717, 1.165) is 30.8 Å². The first-order chi connectivity index (χ1) is 20.6. The van der Waals surface area contributed by atoms with Gasteiger partial charge in [-0.1, -0.05) is 17.6 Å². The maximum atomic E-state index is 14.8. The third-order valence-corrected chi connectivity index (χ3v) is 6.44. The summed E-state index contributed by atoms with van der Waals surface area (Å²) in [6.45, 7) is -1.44. The molecule has 4 aromatic rings. The van der Waals surface area contributed by atoms with Gasteiger partial charge < -0.3 is 9.22 Å². The molecule has 0 unspecified atom stereocenters. The number of azo groups is 1. The highest BCUT2D eigenvalue weighted by Gasteiger charge is 2.40. The highest BCUT2D eigenvalue weighted by molar-refractivity contribution is 6.95. The van der Waals surface area contributed by atoms with Gasteiger partial charge in [-0.25, -0.2) is 43.9 Å². The molecular weight excluding hydrogens is 607 g/mol. The zero-order valence-electron chi connectivity index (χ0n) is 23.1. The van der Waals surface area contributed by atoms with E-state index < -0.39 is 81.3 Å². The molecule has 44 heavy (non-hydrogen) atoms. The summed E-state index contributed by atoms with van der Waals surface area (Å²) in [7, 11) is 6.03. The number of quaternary nitrogens is 1. The fourth-order valence-electron chi connectivity index (χ4n) is 4.12. The van der Waals surface area contributed by atoms with Gasteiger partial charge in [0.05, 0.1) is 32.5 Å². The Hall–Kier alpha value is -4.40. The Morgan fingerprint density at radius 2 is 0.864 bits per heavy atom. The minimum atomic E-state index is -2.67. The second-order valence-corrected chi connectivity index (χ2v) is 10.5. The molecule has 4 nitrogen and oxygen atoms in total. The highest BCUT2D eigenvalue weighted by atomic mass is 19.2. The van der Waals surface area contributed by atoms with E-state index in [1.807, 2.05) is 21.1 Å². The van der Waals surface area contributed by atoms with Crippen LogP contribution in [0.25, 0.3) is 0 Å². The van der Waals surface area contributed by atoms with Crippen molar-refractivity contribution in [2.75, 3.05) is 34.3 Å². The lowest BCUT2D eigenvalue weighted by Gasteiger charge is -2.23. The summed E-state index contributed by atoms with van der Waals surface area (Å²) in [5.74, 6) is -24.6. The Morgan fingerprint density at radius 3 is 1.23 bits per heavy atom. The molecule has 0 aliphatic rings. The third kappa shape index (κ3) is 6.57. The summed E-state index contributed by atoms with van der Waals surface area (Å²) in [4.78, 5) is 0. The number of hydrogen-bond acceptors (Lipinski definition) is 3. The number of hydrogen-bond donors (Lipinski definition) is 0. The van der Waals surface area contributed by atoms with Crippen LogP contribution in [-0.4, -0.2) is 45.5 Å². The number of benzene rings is 4. The van der Waals surface area contributed by atoms with Crippen LogP contribution in [0.4, 0.5) is 55.3 Å². The molecule has 0 bridgehead atoms. The van der Waals surface area contributed by atoms with Crippen molar-refractivity contribution < 1.29 is 53.1 Å². The molecule has 0 saturated heterocycles. The minimum Gasteiger partial charge on any atom is -0.488 e. The van der Waals surface area contributed by atoms with Crippen molar-refractivity contribution in [1.82, 2.24) is 0 Å². The van der Waals surface area contributed by atoms with E-state index in [4.69, 9.17) is 4.74 Å². The van der Waals surface area contributed by atoms with Crippen LogP contribution in [0.1, 0.15) is 0 Å². The molecule has 4 rings (SSSR count). The summed E-state index contributed by atoms with van der Waals surface area (Å²) in [6, 6.07) is 10.4. The molecule has 0 aromatic heterocycles. The number of ether oxygens (including phenoxy) is 1. The van der Waals surface area contributed by atoms with Crippen LogP contribution in [0.3, 0.4) is 0 Å². The summed E-state index contributed by atoms with van der Waals surface area (Å²) in [5.41, 5.74) is -3.84. The molecule has 0 N–H and O–H groups in total. The molecule has 0 saturated carbocycles. The van der Waals surface area contributed by atoms with Crippen LogP contribution in [0.5, 0.6) is 5.75 Å². The fourth-order valence-corrected chi connectivity index (χ4v) is 4.12. The Morgan fingerprint density at radius 1 is 0.523 bits per heavy atom. The van der Waals surface area contributed by atoms with Crippen LogP contribution < -0.4 is 21.1 Å². The average molecular weight is 628 g/mol. The number of nitrogens with zero attached hydrogens (tertiary/aromatic N) is 3. The maximum Gasteiger partial charge on any atom is 0.257 e. The topological polar surface area (TPSA) is 34.0 Å². The van der Waals surface area contributed by atoms with E-state index in [1.54, 1.807) is 24.3 Å². The van der Waals surface area contributed by atoms with Gasteiger partial charge in [0, 0.05) is 10.9 Å². The van der Waals surface area contributed by atoms with Gasteiger partial charge in [-0.3, -0.25) is 0 Å². The standard InChI is InChI=1S/C29H21BF10N3O/c1-43(2,3)12-13-44-17-10-8-16(9-11-17)42-41-15-6-4-14(5-7-15)30(18-20(31)24(35)28(39)25(36)21(18)32)19-22(33)26(37)29(40)27(38)23(19)34/h4-11H,12-13H2,1-3H3/q+1. The van der Waals surface area contributed by atoms with Gasteiger partial charge in [0.15, 0.2) is 58.2 Å². The lowest BCUT2D eigenvalue weighted by atomic mass is 9.36. The van der Waals surface area contributed by atoms with Crippen molar-refractivity contribution in [2.45, 2.75) is 0 Å². The first-order valence-corrected chi connectivity index (χ1v) is 12.7. The predicted molar refractivity (Wildman–Crippen MR) is 143 cm³/mol. The molecule has 0 aliphatic carbocycles. The van der Waals surface area contributed by atoms with Gasteiger partial charge in [0.1, 0.15) is 18.9 Å². The zero-order valence-corrected chi connectivity index (χ0v) is 23.1. The van der Waals surface area contributed by atoms with Crippen molar-refractivity contribution in [3.63, 3.8) is 0 Å². The van der Waals surface area contributed by atoms with E-state index in [2.05, 4.69) is 10.2 Å². The van der Waals surface area contributed by atoms with Gasteiger partial charge in [-0.15, -0.1) is 0 Å². The molecular formula is C29H21BF10N3O+. The van der Waals surface area contributed by atoms with Crippen LogP contribution in [0, 0.1) is 58.2 Å². The molecule has 0 aliphatic heterocycles. The van der Waals surface area contributed by atoms with Gasteiger partial charge >= 0.3 is 0 Å². The molecule has 4 aromatic carbocycles. The Kier molecular flexibility index (Phi) is 9.37. The first-order valence-electron chi connectivity index (χ1n) is 12.7. The summed E-state index contributed by atoms with van der Waals surface area (Å²) in [5, 5.41) is 7.94. The number of rotatable bonds is 9. The monoisotopic (exact) mass is 628 g/mol. The van der Waals surface area contributed by atoms with Crippen molar-refractivity contribution in [2.24, 2.45) is 10.2 Å². The first kappa shape index (κ1) is 32.5. The summed E-state index contributed by atoms with van der Waals surface area (Å²) < 4.78 is 149. The molecule has 15 heteroatoms. The van der Waals surface area contributed by atoms with Crippen molar-refractivity contribution in [3.8, 4) is 5.75 Å². The van der Waals surface area contributed by atoms with Gasteiger partial charge in [-0.05, 0) is 36.4 Å². The molecule has 0 amide bonds. The van der Waals surface area contributed by atoms with E-state index >= 15 is 0 Å². The average Bonchev–Trinajstić information content (AvgIpc) is 2.99. The van der Waals surface area contributed by atoms with Gasteiger partial charge in [-0.2, -0.15) is 10.2 Å². The van der Waals surface area contributed by atoms with Crippen molar-refractivity contribution in [1.29, 1.82) is 0 Å². The van der Waals surface area contributed by atoms with Crippen molar-refractivity contribution in [3.05, 3.63) is 107 Å². The third-order valence-electron chi connectivity index (χ3n) is 6.44. The Balaban J connectivity index is 1.72. The molecule has 0 heterocycles. The van der Waals surface area contributed by atoms with Crippen LogP contribution >= 0.6 is 0 Å². The predicted octanol–water partition coefficient (Wildman–Crippen LogP) is 6.09. The smallest absolute Gasteiger partial charge is 0.257 e. The Bertz CT molecular complexity index is 1600. The lowest BCUT2D eigenvalue weighted by molar-refractivity contribution is -0.870. The van der Waals surface area contributed by atoms with E-state index in [-0.39, 0.29) is 5.69 Å². The van der Waals surface area contributed by atoms with E-state index in [0.29, 0.717) is 22.5 Å². The van der Waals surface area contributed by atoms with Gasteiger partial charge in [0.2, 0.25) is 0 Å². The fraction of sp³-hybridized carbons (Fsp3) is 0.172. The molecule has 0 fully saturated rings. The minimum absolute atomic E-state index is 0.0468. The van der Waals surface area contributed by atoms with Crippen LogP contribution in [-0.2, 0) is 0 Å². The summed E-state index contributed by atoms with van der Waals surface area (Å²) in [6.07, 6.45) is 0.